The van der Waals surface area contributed by atoms with Crippen molar-refractivity contribution in [2.75, 3.05) is 33.2 Å². The van der Waals surface area contributed by atoms with Crippen LogP contribution < -0.4 is 17.0 Å². The number of carbonyl (C=O) groups is 2. The molecule has 4 saturated carbocycles. The molecule has 0 aromatic rings. The highest BCUT2D eigenvalue weighted by Gasteiger charge is 2.67. The molecule has 0 aromatic carbocycles. The molecule has 6 fully saturated rings. The Balaban J connectivity index is 0.00000384. The fraction of sp³-hybridized carbons (Fsp3) is 0.946. The van der Waals surface area contributed by atoms with Gasteiger partial charge in [0.25, 0.3) is 0 Å². The molecule has 6 aliphatic rings. The van der Waals surface area contributed by atoms with Crippen LogP contribution in [0, 0.1) is 39.9 Å². The molecular weight excluding hydrogens is 616 g/mol. The number of halogens is 1. The number of fused-ring (bicyclic) bond motifs is 5. The Labute approximate surface area is 279 Å². The number of hydrogen-bond acceptors (Lipinski definition) is 5. The van der Waals surface area contributed by atoms with Gasteiger partial charge < -0.3 is 30.9 Å². The van der Waals surface area contributed by atoms with Crippen LogP contribution in [0.25, 0.3) is 0 Å². The molecule has 0 bridgehead atoms. The first-order valence-corrected chi connectivity index (χ1v) is 18.2. The second-order valence-corrected chi connectivity index (χ2v) is 17.8. The number of likely N-dealkylation sites (N-methyl/N-ethyl adjacent to an activating group) is 1. The average molecular weight is 680 g/mol. The van der Waals surface area contributed by atoms with E-state index in [1.165, 1.54) is 90.1 Å². The summed E-state index contributed by atoms with van der Waals surface area (Å²) in [6, 6.07) is 0.763. The first-order chi connectivity index (χ1) is 20.3. The minimum Gasteiger partial charge on any atom is -1.00 e. The van der Waals surface area contributed by atoms with E-state index in [1.807, 2.05) is 20.8 Å². The van der Waals surface area contributed by atoms with Crippen molar-refractivity contribution in [3.8, 4) is 0 Å². The SMILES string of the molecule is CC(=O)O[C@H]1C[C@@H]2CCC3C4C[C@H]([N+]5(C)CCCCC5)[C@@H](OC(=O)C(C)(C)C)[C@@]4(C)CCC3[C@@]2(C)C[C@@H]1N1CCCCC1.[Br-]. The van der Waals surface area contributed by atoms with Crippen molar-refractivity contribution in [3.63, 3.8) is 0 Å². The average Bonchev–Trinajstić information content (AvgIpc) is 3.26. The van der Waals surface area contributed by atoms with Gasteiger partial charge in [-0.15, -0.1) is 0 Å². The Kier molecular flexibility index (Phi) is 10.0. The maximum Gasteiger partial charge on any atom is 0.311 e. The molecule has 6 rings (SSSR count). The monoisotopic (exact) mass is 678 g/mol. The van der Waals surface area contributed by atoms with Crippen molar-refractivity contribution >= 4 is 11.9 Å². The molecule has 44 heavy (non-hydrogen) atoms. The van der Waals surface area contributed by atoms with Crippen LogP contribution in [0.4, 0.5) is 0 Å². The van der Waals surface area contributed by atoms with E-state index in [4.69, 9.17) is 9.47 Å². The predicted molar refractivity (Wildman–Crippen MR) is 170 cm³/mol. The lowest BCUT2D eigenvalue weighted by atomic mass is 9.44. The van der Waals surface area contributed by atoms with E-state index in [9.17, 15) is 9.59 Å². The molecule has 6 nitrogen and oxygen atoms in total. The topological polar surface area (TPSA) is 55.8 Å². The lowest BCUT2D eigenvalue weighted by Gasteiger charge is -2.62. The van der Waals surface area contributed by atoms with Gasteiger partial charge in [-0.3, -0.25) is 14.5 Å². The molecule has 4 aliphatic carbocycles. The van der Waals surface area contributed by atoms with E-state index in [-0.39, 0.29) is 52.0 Å². The van der Waals surface area contributed by atoms with Gasteiger partial charge in [-0.05, 0) is 134 Å². The first kappa shape index (κ1) is 34.7. The van der Waals surface area contributed by atoms with Gasteiger partial charge in [0.1, 0.15) is 12.1 Å². The largest absolute Gasteiger partial charge is 1.00 e. The maximum atomic E-state index is 13.5. The molecule has 2 heterocycles. The number of likely N-dealkylation sites (tertiary alicyclic amines) is 2. The van der Waals surface area contributed by atoms with E-state index in [0.29, 0.717) is 35.8 Å². The van der Waals surface area contributed by atoms with Crippen LogP contribution in [0.5, 0.6) is 0 Å². The molecule has 10 atom stereocenters. The minimum atomic E-state index is -0.480. The zero-order chi connectivity index (χ0) is 30.8. The van der Waals surface area contributed by atoms with Crippen molar-refractivity contribution in [3.05, 3.63) is 0 Å². The highest BCUT2D eigenvalue weighted by atomic mass is 79.9. The van der Waals surface area contributed by atoms with Gasteiger partial charge in [0.05, 0.1) is 25.6 Å². The maximum absolute atomic E-state index is 13.5. The standard InChI is InChI=1S/C37H63N2O4.BrH/c1-25(40)42-32-22-26-14-15-27-28(37(26,6)24-30(32)38-18-10-8-11-19-38)16-17-36(5)29(27)23-31(39(7)20-12-9-13-21-39)33(36)43-34(41)35(2,3)4;/h26-33H,8-24H2,1-7H3;1H/q+1;/p-1/t26-,27?,28?,29?,30-,31-,32-,33+,36-,37-;/m0./s1. The predicted octanol–water partition coefficient (Wildman–Crippen LogP) is 4.00. The molecule has 0 N–H and O–H groups in total. The lowest BCUT2D eigenvalue weighted by molar-refractivity contribution is -0.940. The summed E-state index contributed by atoms with van der Waals surface area (Å²) in [7, 11) is 2.48. The van der Waals surface area contributed by atoms with Crippen LogP contribution in [-0.2, 0) is 19.1 Å². The second kappa shape index (κ2) is 12.7. The Hall–Kier alpha value is -0.660. The van der Waals surface area contributed by atoms with Crippen LogP contribution in [0.15, 0.2) is 0 Å². The molecule has 2 saturated heterocycles. The van der Waals surface area contributed by atoms with Crippen molar-refractivity contribution in [2.45, 2.75) is 149 Å². The van der Waals surface area contributed by atoms with Gasteiger partial charge in [0, 0.05) is 24.8 Å². The summed E-state index contributed by atoms with van der Waals surface area (Å²) >= 11 is 0. The Bertz CT molecular complexity index is 1050. The quantitative estimate of drug-likeness (QED) is 0.333. The number of nitrogens with zero attached hydrogens (tertiary/aromatic N) is 2. The second-order valence-electron chi connectivity index (χ2n) is 17.8. The number of ether oxygens (including phenoxy) is 2. The highest BCUT2D eigenvalue weighted by Crippen LogP contribution is 2.68. The smallest absolute Gasteiger partial charge is 0.311 e. The van der Waals surface area contributed by atoms with E-state index in [1.54, 1.807) is 6.92 Å². The van der Waals surface area contributed by atoms with E-state index in [0.717, 1.165) is 24.0 Å². The number of hydrogen-bond donors (Lipinski definition) is 0. The zero-order valence-electron chi connectivity index (χ0n) is 29.0. The summed E-state index contributed by atoms with van der Waals surface area (Å²) in [4.78, 5) is 28.5. The fourth-order valence-corrected chi connectivity index (χ4v) is 11.8. The third kappa shape index (κ3) is 6.06. The Morgan fingerprint density at radius 1 is 0.841 bits per heavy atom. The summed E-state index contributed by atoms with van der Waals surface area (Å²) in [6.07, 6.45) is 16.2. The zero-order valence-corrected chi connectivity index (χ0v) is 30.6. The summed E-state index contributed by atoms with van der Waals surface area (Å²) in [5.74, 6) is 2.52. The van der Waals surface area contributed by atoms with E-state index < -0.39 is 5.41 Å². The van der Waals surface area contributed by atoms with Crippen molar-refractivity contribution in [1.29, 1.82) is 0 Å². The van der Waals surface area contributed by atoms with Crippen LogP contribution in [0.3, 0.4) is 0 Å². The van der Waals surface area contributed by atoms with E-state index >= 15 is 0 Å². The summed E-state index contributed by atoms with van der Waals surface area (Å²) in [5.41, 5.74) is -0.148. The van der Waals surface area contributed by atoms with Crippen molar-refractivity contribution < 1.29 is 40.5 Å². The van der Waals surface area contributed by atoms with E-state index in [2.05, 4.69) is 25.8 Å². The third-order valence-corrected chi connectivity index (χ3v) is 14.3. The number of carbonyl (C=O) groups excluding carboxylic acids is 2. The summed E-state index contributed by atoms with van der Waals surface area (Å²) in [6.45, 7) is 17.5. The third-order valence-electron chi connectivity index (χ3n) is 14.3. The lowest BCUT2D eigenvalue weighted by Crippen LogP contribution is -3.00. The van der Waals surface area contributed by atoms with Crippen LogP contribution in [0.2, 0.25) is 0 Å². The van der Waals surface area contributed by atoms with Gasteiger partial charge in [-0.25, -0.2) is 0 Å². The number of esters is 2. The van der Waals surface area contributed by atoms with Gasteiger partial charge in [0.15, 0.2) is 6.10 Å². The van der Waals surface area contributed by atoms with Gasteiger partial charge in [-0.2, -0.15) is 0 Å². The van der Waals surface area contributed by atoms with Gasteiger partial charge in [0.2, 0.25) is 0 Å². The number of quaternary nitrogens is 1. The Morgan fingerprint density at radius 2 is 1.50 bits per heavy atom. The van der Waals surface area contributed by atoms with Crippen LogP contribution in [-0.4, -0.2) is 78.8 Å². The molecule has 3 unspecified atom stereocenters. The first-order valence-electron chi connectivity index (χ1n) is 18.2. The molecule has 2 aliphatic heterocycles. The summed E-state index contributed by atoms with van der Waals surface area (Å²) < 4.78 is 13.9. The Morgan fingerprint density at radius 3 is 2.14 bits per heavy atom. The van der Waals surface area contributed by atoms with Gasteiger partial charge in [-0.1, -0.05) is 20.3 Å². The van der Waals surface area contributed by atoms with Crippen LogP contribution in [0.1, 0.15) is 125 Å². The van der Waals surface area contributed by atoms with Crippen molar-refractivity contribution in [1.82, 2.24) is 4.90 Å². The number of piperidine rings is 2. The highest BCUT2D eigenvalue weighted by molar-refractivity contribution is 5.75. The number of rotatable bonds is 4. The fourth-order valence-electron chi connectivity index (χ4n) is 11.8. The molecule has 0 spiro atoms. The normalized spacial score (nSPS) is 43.9. The summed E-state index contributed by atoms with van der Waals surface area (Å²) in [5, 5.41) is 0. The molecule has 0 radical (unpaired) electrons. The minimum absolute atomic E-state index is 0. The molecular formula is C37H63BrN2O4. The molecule has 7 heteroatoms. The molecule has 252 valence electrons. The van der Waals surface area contributed by atoms with Crippen LogP contribution >= 0.6 is 0 Å². The molecule has 0 amide bonds. The van der Waals surface area contributed by atoms with Crippen molar-refractivity contribution in [2.24, 2.45) is 39.9 Å². The molecule has 0 aromatic heterocycles. The van der Waals surface area contributed by atoms with Gasteiger partial charge >= 0.3 is 11.9 Å².